The Morgan fingerprint density at radius 2 is 1.86 bits per heavy atom. The summed E-state index contributed by atoms with van der Waals surface area (Å²) in [7, 11) is 1.31. The minimum atomic E-state index is -1.32. The van der Waals surface area contributed by atoms with Crippen molar-refractivity contribution >= 4 is 11.9 Å². The molecule has 22 heavy (non-hydrogen) atoms. The molecule has 1 aromatic carbocycles. The minimum Gasteiger partial charge on any atom is -0.494 e. The normalized spacial score (nSPS) is 17.4. The molecule has 1 saturated carbocycles. The molecule has 5 nitrogen and oxygen atoms in total. The van der Waals surface area contributed by atoms with E-state index < -0.39 is 23.2 Å². The molecule has 0 aromatic heterocycles. The summed E-state index contributed by atoms with van der Waals surface area (Å²) in [5.74, 6) is -2.61. The number of carboxylic acid groups (broad SMARTS) is 1. The van der Waals surface area contributed by atoms with E-state index in [0.717, 1.165) is 25.7 Å². The maximum absolute atomic E-state index is 14.2. The van der Waals surface area contributed by atoms with Crippen molar-refractivity contribution in [3.8, 4) is 5.75 Å². The number of amides is 1. The van der Waals surface area contributed by atoms with Crippen molar-refractivity contribution in [3.05, 3.63) is 29.6 Å². The smallest absolute Gasteiger partial charge is 0.329 e. The van der Waals surface area contributed by atoms with Crippen molar-refractivity contribution in [2.45, 2.75) is 44.1 Å². The summed E-state index contributed by atoms with van der Waals surface area (Å²) in [5, 5.41) is 12.1. The fourth-order valence-corrected chi connectivity index (χ4v) is 2.85. The van der Waals surface area contributed by atoms with E-state index in [-0.39, 0.29) is 11.3 Å². The van der Waals surface area contributed by atoms with Crippen molar-refractivity contribution in [1.82, 2.24) is 5.32 Å². The van der Waals surface area contributed by atoms with Crippen LogP contribution in [-0.2, 0) is 4.79 Å². The summed E-state index contributed by atoms with van der Waals surface area (Å²) in [6.07, 6.45) is 4.07. The van der Waals surface area contributed by atoms with Gasteiger partial charge in [-0.25, -0.2) is 9.18 Å². The number of carbonyl (C=O) groups excluding carboxylic acids is 1. The summed E-state index contributed by atoms with van der Waals surface area (Å²) in [6, 6.07) is 4.22. The molecular formula is C16H20FNO4. The molecule has 0 heterocycles. The zero-order valence-corrected chi connectivity index (χ0v) is 12.5. The second-order valence-corrected chi connectivity index (χ2v) is 5.58. The van der Waals surface area contributed by atoms with E-state index >= 15 is 0 Å². The maximum Gasteiger partial charge on any atom is 0.329 e. The van der Waals surface area contributed by atoms with Gasteiger partial charge in [0.1, 0.15) is 5.54 Å². The van der Waals surface area contributed by atoms with Crippen LogP contribution in [0.15, 0.2) is 18.2 Å². The summed E-state index contributed by atoms with van der Waals surface area (Å²) >= 11 is 0. The van der Waals surface area contributed by atoms with Crippen LogP contribution < -0.4 is 10.1 Å². The van der Waals surface area contributed by atoms with Crippen LogP contribution in [0.1, 0.15) is 48.9 Å². The summed E-state index contributed by atoms with van der Waals surface area (Å²) < 4.78 is 19.0. The molecule has 1 fully saturated rings. The molecule has 0 radical (unpaired) electrons. The zero-order valence-electron chi connectivity index (χ0n) is 12.5. The van der Waals surface area contributed by atoms with Crippen molar-refractivity contribution in [2.75, 3.05) is 7.11 Å². The third-order valence-corrected chi connectivity index (χ3v) is 4.15. The van der Waals surface area contributed by atoms with Crippen molar-refractivity contribution < 1.29 is 23.8 Å². The molecule has 0 atom stereocenters. The predicted octanol–water partition coefficient (Wildman–Crippen LogP) is 2.74. The average molecular weight is 309 g/mol. The molecule has 0 spiro atoms. The summed E-state index contributed by atoms with van der Waals surface area (Å²) in [4.78, 5) is 24.0. The van der Waals surface area contributed by atoms with Gasteiger partial charge in [-0.05, 0) is 25.0 Å². The van der Waals surface area contributed by atoms with E-state index in [9.17, 15) is 19.1 Å². The zero-order chi connectivity index (χ0) is 16.2. The largest absolute Gasteiger partial charge is 0.494 e. The number of benzene rings is 1. The van der Waals surface area contributed by atoms with Crippen molar-refractivity contribution in [1.29, 1.82) is 0 Å². The molecule has 0 unspecified atom stereocenters. The van der Waals surface area contributed by atoms with Gasteiger partial charge < -0.3 is 15.2 Å². The van der Waals surface area contributed by atoms with Gasteiger partial charge in [0.05, 0.1) is 12.7 Å². The number of rotatable bonds is 4. The molecular weight excluding hydrogens is 289 g/mol. The number of carbonyl (C=O) groups is 2. The first-order valence-corrected chi connectivity index (χ1v) is 7.38. The number of methoxy groups -OCH3 is 1. The average Bonchev–Trinajstić information content (AvgIpc) is 2.74. The van der Waals surface area contributed by atoms with Gasteiger partial charge in [-0.1, -0.05) is 31.7 Å². The van der Waals surface area contributed by atoms with Gasteiger partial charge in [-0.3, -0.25) is 4.79 Å². The van der Waals surface area contributed by atoms with Gasteiger partial charge in [0, 0.05) is 0 Å². The second kappa shape index (κ2) is 6.77. The van der Waals surface area contributed by atoms with Gasteiger partial charge in [-0.15, -0.1) is 0 Å². The Kier molecular flexibility index (Phi) is 5.00. The third-order valence-electron chi connectivity index (χ3n) is 4.15. The van der Waals surface area contributed by atoms with Gasteiger partial charge >= 0.3 is 5.97 Å². The molecule has 0 bridgehead atoms. The Morgan fingerprint density at radius 1 is 1.23 bits per heavy atom. The highest BCUT2D eigenvalue weighted by Gasteiger charge is 2.40. The lowest BCUT2D eigenvalue weighted by molar-refractivity contribution is -0.145. The molecule has 1 amide bonds. The maximum atomic E-state index is 14.2. The van der Waals surface area contributed by atoms with E-state index in [0.29, 0.717) is 12.8 Å². The number of carboxylic acids is 1. The van der Waals surface area contributed by atoms with Crippen LogP contribution in [0.2, 0.25) is 0 Å². The molecule has 120 valence electrons. The van der Waals surface area contributed by atoms with E-state index in [2.05, 4.69) is 5.32 Å². The highest BCUT2D eigenvalue weighted by molar-refractivity contribution is 5.98. The SMILES string of the molecule is COc1cccc(C(=O)NC2(C(=O)O)CCCCCC2)c1F. The van der Waals surface area contributed by atoms with E-state index in [1.54, 1.807) is 0 Å². The van der Waals surface area contributed by atoms with Gasteiger partial charge in [-0.2, -0.15) is 0 Å². The Bertz CT molecular complexity index is 565. The monoisotopic (exact) mass is 309 g/mol. The number of aliphatic carboxylic acids is 1. The standard InChI is InChI=1S/C16H20FNO4/c1-22-12-8-6-7-11(13(12)17)14(19)18-16(15(20)21)9-4-2-3-5-10-16/h6-8H,2-5,9-10H2,1H3,(H,18,19)(H,20,21). The molecule has 2 N–H and O–H groups in total. The van der Waals surface area contributed by atoms with E-state index in [4.69, 9.17) is 4.74 Å². The molecule has 6 heteroatoms. The van der Waals surface area contributed by atoms with Crippen molar-refractivity contribution in [2.24, 2.45) is 0 Å². The lowest BCUT2D eigenvalue weighted by Crippen LogP contribution is -2.54. The number of hydrogen-bond donors (Lipinski definition) is 2. The van der Waals surface area contributed by atoms with Crippen LogP contribution in [-0.4, -0.2) is 29.6 Å². The molecule has 1 aliphatic carbocycles. The van der Waals surface area contributed by atoms with Gasteiger partial charge in [0.15, 0.2) is 11.6 Å². The number of hydrogen-bond acceptors (Lipinski definition) is 3. The van der Waals surface area contributed by atoms with Crippen LogP contribution in [0.25, 0.3) is 0 Å². The molecule has 2 rings (SSSR count). The number of nitrogens with one attached hydrogen (secondary N) is 1. The number of ether oxygens (including phenoxy) is 1. The first kappa shape index (κ1) is 16.3. The molecule has 1 aliphatic rings. The van der Waals surface area contributed by atoms with E-state index in [1.807, 2.05) is 0 Å². The first-order chi connectivity index (χ1) is 10.5. The van der Waals surface area contributed by atoms with Gasteiger partial charge in [0.25, 0.3) is 5.91 Å². The Hall–Kier alpha value is -2.11. The van der Waals surface area contributed by atoms with Crippen LogP contribution in [0.4, 0.5) is 4.39 Å². The van der Waals surface area contributed by atoms with Crippen LogP contribution in [0.5, 0.6) is 5.75 Å². The topological polar surface area (TPSA) is 75.6 Å². The fourth-order valence-electron chi connectivity index (χ4n) is 2.85. The third kappa shape index (κ3) is 3.21. The lowest BCUT2D eigenvalue weighted by Gasteiger charge is -2.29. The van der Waals surface area contributed by atoms with E-state index in [1.165, 1.54) is 25.3 Å². The van der Waals surface area contributed by atoms with Gasteiger partial charge in [0.2, 0.25) is 0 Å². The quantitative estimate of drug-likeness (QED) is 0.839. The van der Waals surface area contributed by atoms with Crippen LogP contribution in [0, 0.1) is 5.82 Å². The highest BCUT2D eigenvalue weighted by atomic mass is 19.1. The van der Waals surface area contributed by atoms with Crippen LogP contribution in [0.3, 0.4) is 0 Å². The summed E-state index contributed by atoms with van der Waals surface area (Å²) in [6.45, 7) is 0. The van der Waals surface area contributed by atoms with Crippen molar-refractivity contribution in [3.63, 3.8) is 0 Å². The second-order valence-electron chi connectivity index (χ2n) is 5.58. The summed E-state index contributed by atoms with van der Waals surface area (Å²) in [5.41, 5.74) is -1.52. The van der Waals surface area contributed by atoms with Crippen LogP contribution >= 0.6 is 0 Å². The fraction of sp³-hybridized carbons (Fsp3) is 0.500. The highest BCUT2D eigenvalue weighted by Crippen LogP contribution is 2.28. The Morgan fingerprint density at radius 3 is 2.41 bits per heavy atom. The lowest BCUT2D eigenvalue weighted by atomic mass is 9.89. The first-order valence-electron chi connectivity index (χ1n) is 7.38. The molecule has 1 aromatic rings. The number of halogens is 1. The minimum absolute atomic E-state index is 0.0436. The Labute approximate surface area is 128 Å². The molecule has 0 aliphatic heterocycles. The molecule has 0 saturated heterocycles. The predicted molar refractivity (Wildman–Crippen MR) is 78.5 cm³/mol. The Balaban J connectivity index is 2.27.